The highest BCUT2D eigenvalue weighted by Crippen LogP contribution is 2.20. The predicted octanol–water partition coefficient (Wildman–Crippen LogP) is 2.33. The molecule has 0 radical (unpaired) electrons. The van der Waals surface area contributed by atoms with Crippen LogP contribution in [0.2, 0.25) is 0 Å². The average Bonchev–Trinajstić information content (AvgIpc) is 3.16. The fraction of sp³-hybridized carbons (Fsp3) is 0.125. The van der Waals surface area contributed by atoms with E-state index in [-0.39, 0.29) is 17.8 Å². The minimum atomic E-state index is -1.15. The van der Waals surface area contributed by atoms with Crippen molar-refractivity contribution in [3.63, 3.8) is 0 Å². The predicted molar refractivity (Wildman–Crippen MR) is 79.6 cm³/mol. The molecule has 23 heavy (non-hydrogen) atoms. The number of carboxylic acid groups (broad SMARTS) is 1. The van der Waals surface area contributed by atoms with Crippen LogP contribution in [0.5, 0.6) is 0 Å². The summed E-state index contributed by atoms with van der Waals surface area (Å²) in [5, 5.41) is 12.5. The number of halogens is 1. The molecule has 3 rings (SSSR count). The number of aliphatic carboxylic acids is 1. The zero-order valence-electron chi connectivity index (χ0n) is 11.9. The number of aromatic amines is 1. The second kappa shape index (κ2) is 5.96. The number of nitrogens with one attached hydrogen (secondary N) is 2. The Bertz CT molecular complexity index is 854. The van der Waals surface area contributed by atoms with E-state index in [4.69, 9.17) is 4.42 Å². The molecule has 2 heterocycles. The summed E-state index contributed by atoms with van der Waals surface area (Å²) in [5.74, 6) is -2.07. The summed E-state index contributed by atoms with van der Waals surface area (Å²) in [6.45, 7) is 0. The first kappa shape index (κ1) is 14.8. The van der Waals surface area contributed by atoms with E-state index in [1.165, 1.54) is 30.7 Å². The lowest BCUT2D eigenvalue weighted by Gasteiger charge is -2.13. The van der Waals surface area contributed by atoms with Crippen LogP contribution in [0, 0.1) is 5.82 Å². The van der Waals surface area contributed by atoms with Crippen LogP contribution in [0.3, 0.4) is 0 Å². The Hall–Kier alpha value is -3.09. The monoisotopic (exact) mass is 316 g/mol. The molecule has 1 aromatic carbocycles. The van der Waals surface area contributed by atoms with E-state index in [0.29, 0.717) is 11.1 Å². The van der Waals surface area contributed by atoms with Crippen molar-refractivity contribution in [3.8, 4) is 0 Å². The zero-order valence-corrected chi connectivity index (χ0v) is 11.9. The van der Waals surface area contributed by atoms with Gasteiger partial charge in [0.15, 0.2) is 0 Å². The van der Waals surface area contributed by atoms with Crippen molar-refractivity contribution in [1.29, 1.82) is 0 Å². The smallest absolute Gasteiger partial charge is 0.326 e. The molecular formula is C16H13FN2O4. The minimum Gasteiger partial charge on any atom is -0.480 e. The molecule has 0 bridgehead atoms. The van der Waals surface area contributed by atoms with Crippen molar-refractivity contribution in [2.45, 2.75) is 12.5 Å². The first-order valence-electron chi connectivity index (χ1n) is 6.86. The first-order valence-corrected chi connectivity index (χ1v) is 6.86. The fourth-order valence-electron chi connectivity index (χ4n) is 2.38. The number of hydrogen-bond acceptors (Lipinski definition) is 3. The van der Waals surface area contributed by atoms with Crippen LogP contribution in [-0.4, -0.2) is 28.0 Å². The van der Waals surface area contributed by atoms with Gasteiger partial charge >= 0.3 is 5.97 Å². The van der Waals surface area contributed by atoms with Crippen LogP contribution in [0.25, 0.3) is 10.9 Å². The maximum atomic E-state index is 13.2. The number of furan rings is 1. The summed E-state index contributed by atoms with van der Waals surface area (Å²) in [5.41, 5.74) is 1.50. The summed E-state index contributed by atoms with van der Waals surface area (Å²) in [6.07, 6.45) is 4.26. The van der Waals surface area contributed by atoms with Gasteiger partial charge in [0.25, 0.3) is 5.91 Å². The Morgan fingerprint density at radius 1 is 1.35 bits per heavy atom. The van der Waals surface area contributed by atoms with Crippen LogP contribution < -0.4 is 5.32 Å². The molecule has 1 amide bonds. The first-order chi connectivity index (χ1) is 11.0. The summed E-state index contributed by atoms with van der Waals surface area (Å²) >= 11 is 0. The third-order valence-corrected chi connectivity index (χ3v) is 3.54. The standard InChI is InChI=1S/C16H13FN2O4/c17-11-1-2-12-10(7-18-13(12)6-11)5-14(16(21)22)19-15(20)9-3-4-23-8-9/h1-4,6-8,14,18H,5H2,(H,19,20)(H,21,22)/t14-/m1/s1. The molecule has 0 unspecified atom stereocenters. The Morgan fingerprint density at radius 3 is 2.87 bits per heavy atom. The molecule has 0 saturated heterocycles. The lowest BCUT2D eigenvalue weighted by Crippen LogP contribution is -2.42. The molecule has 0 aliphatic rings. The summed E-state index contributed by atoms with van der Waals surface area (Å²) in [7, 11) is 0. The SMILES string of the molecule is O=C(N[C@H](Cc1c[nH]c2cc(F)ccc12)C(=O)O)c1ccoc1. The van der Waals surface area contributed by atoms with E-state index in [1.807, 2.05) is 0 Å². The Balaban J connectivity index is 1.81. The number of aromatic nitrogens is 1. The van der Waals surface area contributed by atoms with Gasteiger partial charge in [-0.15, -0.1) is 0 Å². The largest absolute Gasteiger partial charge is 0.480 e. The summed E-state index contributed by atoms with van der Waals surface area (Å²) in [6, 6.07) is 4.55. The lowest BCUT2D eigenvalue weighted by atomic mass is 10.0. The maximum Gasteiger partial charge on any atom is 0.326 e. The van der Waals surface area contributed by atoms with Gasteiger partial charge in [0.2, 0.25) is 0 Å². The summed E-state index contributed by atoms with van der Waals surface area (Å²) < 4.78 is 18.0. The molecule has 1 atom stereocenters. The van der Waals surface area contributed by atoms with E-state index in [0.717, 1.165) is 5.39 Å². The zero-order chi connectivity index (χ0) is 16.4. The molecule has 0 fully saturated rings. The molecule has 2 aromatic heterocycles. The minimum absolute atomic E-state index is 0.0740. The number of fused-ring (bicyclic) bond motifs is 1. The molecule has 7 heteroatoms. The maximum absolute atomic E-state index is 13.2. The van der Waals surface area contributed by atoms with Gasteiger partial charge in [-0.25, -0.2) is 9.18 Å². The van der Waals surface area contributed by atoms with Gasteiger partial charge in [-0.3, -0.25) is 4.79 Å². The van der Waals surface area contributed by atoms with Crippen molar-refractivity contribution in [1.82, 2.24) is 10.3 Å². The van der Waals surface area contributed by atoms with Crippen LogP contribution in [-0.2, 0) is 11.2 Å². The quantitative estimate of drug-likeness (QED) is 0.673. The van der Waals surface area contributed by atoms with E-state index in [9.17, 15) is 19.1 Å². The van der Waals surface area contributed by atoms with Crippen molar-refractivity contribution in [3.05, 3.63) is 59.9 Å². The van der Waals surface area contributed by atoms with Crippen molar-refractivity contribution in [2.24, 2.45) is 0 Å². The molecule has 6 nitrogen and oxygen atoms in total. The van der Waals surface area contributed by atoms with E-state index in [2.05, 4.69) is 10.3 Å². The van der Waals surface area contributed by atoms with Gasteiger partial charge in [-0.1, -0.05) is 0 Å². The number of rotatable bonds is 5. The van der Waals surface area contributed by atoms with E-state index < -0.39 is 17.9 Å². The van der Waals surface area contributed by atoms with Gasteiger partial charge in [0.1, 0.15) is 18.1 Å². The fourth-order valence-corrected chi connectivity index (χ4v) is 2.38. The Kier molecular flexibility index (Phi) is 3.84. The molecule has 3 N–H and O–H groups in total. The van der Waals surface area contributed by atoms with Crippen LogP contribution >= 0.6 is 0 Å². The third kappa shape index (κ3) is 3.08. The average molecular weight is 316 g/mol. The molecule has 3 aromatic rings. The molecule has 0 aliphatic carbocycles. The van der Waals surface area contributed by atoms with Crippen LogP contribution in [0.15, 0.2) is 47.4 Å². The second-order valence-corrected chi connectivity index (χ2v) is 5.08. The number of carboxylic acids is 1. The third-order valence-electron chi connectivity index (χ3n) is 3.54. The number of H-pyrrole nitrogens is 1. The second-order valence-electron chi connectivity index (χ2n) is 5.08. The van der Waals surface area contributed by atoms with E-state index in [1.54, 1.807) is 12.3 Å². The van der Waals surface area contributed by atoms with Crippen molar-refractivity contribution < 1.29 is 23.5 Å². The van der Waals surface area contributed by atoms with Crippen molar-refractivity contribution in [2.75, 3.05) is 0 Å². The Labute approximate surface area is 129 Å². The Morgan fingerprint density at radius 2 is 2.17 bits per heavy atom. The lowest BCUT2D eigenvalue weighted by molar-refractivity contribution is -0.139. The molecule has 118 valence electrons. The number of benzene rings is 1. The van der Waals surface area contributed by atoms with Gasteiger partial charge in [0.05, 0.1) is 11.8 Å². The van der Waals surface area contributed by atoms with Crippen LogP contribution in [0.4, 0.5) is 4.39 Å². The van der Waals surface area contributed by atoms with Gasteiger partial charge in [-0.05, 0) is 29.8 Å². The summed E-state index contributed by atoms with van der Waals surface area (Å²) in [4.78, 5) is 26.3. The van der Waals surface area contributed by atoms with Gasteiger partial charge < -0.3 is 19.8 Å². The number of hydrogen-bond donors (Lipinski definition) is 3. The molecular weight excluding hydrogens is 303 g/mol. The number of carbonyl (C=O) groups excluding carboxylic acids is 1. The normalized spacial score (nSPS) is 12.2. The molecule has 0 aliphatic heterocycles. The number of amides is 1. The molecule has 0 spiro atoms. The van der Waals surface area contributed by atoms with Gasteiger partial charge in [-0.2, -0.15) is 0 Å². The highest BCUT2D eigenvalue weighted by Gasteiger charge is 2.23. The topological polar surface area (TPSA) is 95.3 Å². The van der Waals surface area contributed by atoms with Gasteiger partial charge in [0, 0.05) is 23.5 Å². The van der Waals surface area contributed by atoms with Crippen LogP contribution in [0.1, 0.15) is 15.9 Å². The number of carbonyl (C=O) groups is 2. The van der Waals surface area contributed by atoms with E-state index >= 15 is 0 Å². The highest BCUT2D eigenvalue weighted by atomic mass is 19.1. The highest BCUT2D eigenvalue weighted by molar-refractivity contribution is 5.96. The molecule has 0 saturated carbocycles. The van der Waals surface area contributed by atoms with Crippen molar-refractivity contribution >= 4 is 22.8 Å².